The van der Waals surface area contributed by atoms with Crippen LogP contribution in [0.25, 0.3) is 0 Å². The van der Waals surface area contributed by atoms with Crippen molar-refractivity contribution >= 4 is 5.96 Å². The van der Waals surface area contributed by atoms with Gasteiger partial charge in [0.1, 0.15) is 23.7 Å². The third-order valence-corrected chi connectivity index (χ3v) is 3.90. The lowest BCUT2D eigenvalue weighted by atomic mass is 10.0. The Bertz CT molecular complexity index is 682. The van der Waals surface area contributed by atoms with Gasteiger partial charge in [-0.2, -0.15) is 0 Å². The molecule has 0 aliphatic rings. The molecule has 3 N–H and O–H groups in total. The van der Waals surface area contributed by atoms with Gasteiger partial charge >= 0.3 is 0 Å². The number of methoxy groups -OCH3 is 1. The number of ether oxygens (including phenoxy) is 2. The van der Waals surface area contributed by atoms with Crippen molar-refractivity contribution in [1.29, 1.82) is 0 Å². The summed E-state index contributed by atoms with van der Waals surface area (Å²) >= 11 is 0. The van der Waals surface area contributed by atoms with Gasteiger partial charge in [-0.15, -0.1) is 0 Å². The van der Waals surface area contributed by atoms with Crippen LogP contribution < -0.4 is 15.4 Å². The molecule has 2 aromatic rings. The normalized spacial score (nSPS) is 13.9. The molecule has 0 amide bonds. The number of aliphatic hydroxyl groups is 1. The van der Waals surface area contributed by atoms with E-state index >= 15 is 0 Å². The fourth-order valence-corrected chi connectivity index (χ4v) is 2.37. The van der Waals surface area contributed by atoms with Crippen LogP contribution in [0.2, 0.25) is 0 Å². The number of guanidine groups is 1. The second-order valence-corrected chi connectivity index (χ2v) is 6.29. The van der Waals surface area contributed by atoms with Crippen LogP contribution in [0.3, 0.4) is 0 Å². The first-order chi connectivity index (χ1) is 13.0. The van der Waals surface area contributed by atoms with Gasteiger partial charge in [0.25, 0.3) is 0 Å². The van der Waals surface area contributed by atoms with E-state index in [9.17, 15) is 5.11 Å². The average Bonchev–Trinajstić information content (AvgIpc) is 3.21. The van der Waals surface area contributed by atoms with Gasteiger partial charge < -0.3 is 29.6 Å². The topological polar surface area (TPSA) is 88.3 Å². The first-order valence-corrected chi connectivity index (χ1v) is 9.04. The Balaban J connectivity index is 1.90. The van der Waals surface area contributed by atoms with Gasteiger partial charge in [0, 0.05) is 13.7 Å². The van der Waals surface area contributed by atoms with E-state index in [1.165, 1.54) is 0 Å². The Morgan fingerprint density at radius 3 is 2.59 bits per heavy atom. The predicted molar refractivity (Wildman–Crippen MR) is 105 cm³/mol. The summed E-state index contributed by atoms with van der Waals surface area (Å²) in [4.78, 5) is 4.57. The van der Waals surface area contributed by atoms with Crippen LogP contribution in [-0.4, -0.2) is 44.5 Å². The summed E-state index contributed by atoms with van der Waals surface area (Å²) in [5, 5.41) is 16.9. The number of nitrogens with one attached hydrogen (secondary N) is 2. The van der Waals surface area contributed by atoms with Crippen LogP contribution in [0.4, 0.5) is 0 Å². The second-order valence-electron chi connectivity index (χ2n) is 6.29. The molecule has 1 unspecified atom stereocenters. The zero-order valence-corrected chi connectivity index (χ0v) is 16.2. The van der Waals surface area contributed by atoms with Gasteiger partial charge in [0.15, 0.2) is 5.96 Å². The molecule has 1 heterocycles. The lowest BCUT2D eigenvalue weighted by molar-refractivity contribution is 0.0386. The molecule has 0 aliphatic heterocycles. The van der Waals surface area contributed by atoms with Crippen molar-refractivity contribution in [2.45, 2.75) is 26.0 Å². The molecule has 1 aromatic heterocycles. The number of hydrogen-bond donors (Lipinski definition) is 3. The minimum absolute atomic E-state index is 0.276. The smallest absolute Gasteiger partial charge is 0.191 e. The molecule has 7 nitrogen and oxygen atoms in total. The van der Waals surface area contributed by atoms with Crippen molar-refractivity contribution in [2.75, 3.05) is 33.4 Å². The highest BCUT2D eigenvalue weighted by Crippen LogP contribution is 2.19. The standard InChI is InChI=1S/C20H29N3O4/c1-4-21-19(23-15-20(2,24)18-6-5-11-27-18)22-14-16-7-9-17(10-8-16)26-13-12-25-3/h5-11,24H,4,12-15H2,1-3H3,(H2,21,22,23). The Morgan fingerprint density at radius 2 is 1.96 bits per heavy atom. The second kappa shape index (κ2) is 10.6. The Morgan fingerprint density at radius 1 is 1.19 bits per heavy atom. The molecular weight excluding hydrogens is 346 g/mol. The van der Waals surface area contributed by atoms with E-state index in [1.807, 2.05) is 31.2 Å². The maximum absolute atomic E-state index is 10.5. The SMILES string of the molecule is CCNC(=NCc1ccc(OCCOC)cc1)NCC(C)(O)c1ccco1. The molecule has 0 fully saturated rings. The minimum atomic E-state index is -1.12. The molecule has 1 atom stereocenters. The van der Waals surface area contributed by atoms with E-state index in [-0.39, 0.29) is 6.54 Å². The molecule has 0 aliphatic carbocycles. The van der Waals surface area contributed by atoms with Crippen molar-refractivity contribution in [3.05, 3.63) is 54.0 Å². The van der Waals surface area contributed by atoms with Crippen molar-refractivity contribution in [3.63, 3.8) is 0 Å². The summed E-state index contributed by atoms with van der Waals surface area (Å²) in [6.07, 6.45) is 1.55. The van der Waals surface area contributed by atoms with Gasteiger partial charge in [-0.25, -0.2) is 4.99 Å². The van der Waals surface area contributed by atoms with Gasteiger partial charge in [0.05, 0.1) is 26.0 Å². The molecule has 0 radical (unpaired) electrons. The number of rotatable bonds is 10. The third-order valence-electron chi connectivity index (χ3n) is 3.90. The predicted octanol–water partition coefficient (Wildman–Crippen LogP) is 2.27. The number of benzene rings is 1. The van der Waals surface area contributed by atoms with E-state index in [0.29, 0.717) is 31.5 Å². The number of nitrogens with zero attached hydrogens (tertiary/aromatic N) is 1. The molecule has 7 heteroatoms. The summed E-state index contributed by atoms with van der Waals surface area (Å²) in [6, 6.07) is 11.3. The van der Waals surface area contributed by atoms with Gasteiger partial charge in [-0.3, -0.25) is 0 Å². The van der Waals surface area contributed by atoms with Crippen LogP contribution in [0.15, 0.2) is 52.1 Å². The van der Waals surface area contributed by atoms with E-state index < -0.39 is 5.60 Å². The Kier molecular flexibility index (Phi) is 8.16. The molecule has 148 valence electrons. The maximum atomic E-state index is 10.5. The van der Waals surface area contributed by atoms with Gasteiger partial charge in [0.2, 0.25) is 0 Å². The molecule has 0 bridgehead atoms. The first-order valence-electron chi connectivity index (χ1n) is 9.04. The van der Waals surface area contributed by atoms with E-state index in [0.717, 1.165) is 17.9 Å². The van der Waals surface area contributed by atoms with Crippen LogP contribution in [0, 0.1) is 0 Å². The fourth-order valence-electron chi connectivity index (χ4n) is 2.37. The maximum Gasteiger partial charge on any atom is 0.191 e. The van der Waals surface area contributed by atoms with Crippen LogP contribution in [-0.2, 0) is 16.9 Å². The van der Waals surface area contributed by atoms with Crippen LogP contribution in [0.5, 0.6) is 5.75 Å². The quantitative estimate of drug-likeness (QED) is 0.335. The highest BCUT2D eigenvalue weighted by atomic mass is 16.5. The number of aliphatic imine (C=N–C) groups is 1. The van der Waals surface area contributed by atoms with Gasteiger partial charge in [-0.05, 0) is 43.7 Å². The molecule has 2 rings (SSSR count). The number of furan rings is 1. The summed E-state index contributed by atoms with van der Waals surface area (Å²) in [7, 11) is 1.65. The highest BCUT2D eigenvalue weighted by molar-refractivity contribution is 5.79. The van der Waals surface area contributed by atoms with Crippen molar-refractivity contribution in [3.8, 4) is 5.75 Å². The Labute approximate surface area is 160 Å². The molecule has 27 heavy (non-hydrogen) atoms. The third kappa shape index (κ3) is 6.96. The summed E-state index contributed by atoms with van der Waals surface area (Å²) < 4.78 is 15.8. The average molecular weight is 375 g/mol. The number of hydrogen-bond acceptors (Lipinski definition) is 5. The lowest BCUT2D eigenvalue weighted by Gasteiger charge is -2.22. The van der Waals surface area contributed by atoms with Gasteiger partial charge in [-0.1, -0.05) is 12.1 Å². The van der Waals surface area contributed by atoms with Crippen molar-refractivity contribution in [1.82, 2.24) is 10.6 Å². The molecule has 0 spiro atoms. The molecular formula is C20H29N3O4. The Hall–Kier alpha value is -2.51. The largest absolute Gasteiger partial charge is 0.491 e. The summed E-state index contributed by atoms with van der Waals surface area (Å²) in [6.45, 7) is 6.29. The summed E-state index contributed by atoms with van der Waals surface area (Å²) in [5.41, 5.74) is -0.0648. The monoisotopic (exact) mass is 375 g/mol. The van der Waals surface area contributed by atoms with E-state index in [2.05, 4.69) is 15.6 Å². The zero-order valence-electron chi connectivity index (χ0n) is 16.2. The minimum Gasteiger partial charge on any atom is -0.491 e. The van der Waals surface area contributed by atoms with Crippen LogP contribution in [0.1, 0.15) is 25.2 Å². The molecule has 0 saturated carbocycles. The van der Waals surface area contributed by atoms with Crippen molar-refractivity contribution < 1.29 is 19.0 Å². The van der Waals surface area contributed by atoms with Crippen molar-refractivity contribution in [2.24, 2.45) is 4.99 Å². The highest BCUT2D eigenvalue weighted by Gasteiger charge is 2.26. The zero-order chi connectivity index (χ0) is 19.5. The fraction of sp³-hybridized carbons (Fsp3) is 0.450. The molecule has 0 saturated heterocycles. The molecule has 1 aromatic carbocycles. The first kappa shape index (κ1) is 20.8. The van der Waals surface area contributed by atoms with E-state index in [1.54, 1.807) is 32.4 Å². The van der Waals surface area contributed by atoms with E-state index in [4.69, 9.17) is 13.9 Å². The lowest BCUT2D eigenvalue weighted by Crippen LogP contribution is -2.44. The van der Waals surface area contributed by atoms with Crippen LogP contribution >= 0.6 is 0 Å². The summed E-state index contributed by atoms with van der Waals surface area (Å²) in [5.74, 6) is 1.94.